The van der Waals surface area contributed by atoms with Gasteiger partial charge in [0, 0.05) is 11.1 Å². The van der Waals surface area contributed by atoms with Gasteiger partial charge >= 0.3 is 0 Å². The van der Waals surface area contributed by atoms with Crippen molar-refractivity contribution in [1.82, 2.24) is 10.3 Å². The van der Waals surface area contributed by atoms with Gasteiger partial charge in [-0.1, -0.05) is 6.92 Å². The van der Waals surface area contributed by atoms with Crippen LogP contribution in [0.1, 0.15) is 17.4 Å². The molecule has 0 radical (unpaired) electrons. The average Bonchev–Trinajstić information content (AvgIpc) is 2.91. The minimum Gasteiger partial charge on any atom is -0.317 e. The normalized spacial score (nSPS) is 11.5. The summed E-state index contributed by atoms with van der Waals surface area (Å²) in [5, 5.41) is 3.23. The number of sulfonamides is 1. The Balaban J connectivity index is 2.11. The molecule has 0 amide bonds. The van der Waals surface area contributed by atoms with E-state index >= 15 is 0 Å². The molecule has 0 bridgehead atoms. The molecule has 5 nitrogen and oxygen atoms in total. The maximum Gasteiger partial charge on any atom is 0.271 e. The summed E-state index contributed by atoms with van der Waals surface area (Å²) < 4.78 is 27.6. The Morgan fingerprint density at radius 1 is 1.29 bits per heavy atom. The van der Waals surface area contributed by atoms with E-state index in [1.165, 1.54) is 17.5 Å². The van der Waals surface area contributed by atoms with Gasteiger partial charge in [0.05, 0.1) is 11.9 Å². The van der Waals surface area contributed by atoms with Gasteiger partial charge in [-0.25, -0.2) is 8.42 Å². The van der Waals surface area contributed by atoms with Crippen molar-refractivity contribution in [3.63, 3.8) is 0 Å². The molecule has 7 heteroatoms. The molecule has 114 valence electrons. The Hall–Kier alpha value is -1.44. The van der Waals surface area contributed by atoms with E-state index in [4.69, 9.17) is 0 Å². The summed E-state index contributed by atoms with van der Waals surface area (Å²) in [5.74, 6) is 0. The molecule has 0 aliphatic heterocycles. The first-order chi connectivity index (χ1) is 10.0. The van der Waals surface area contributed by atoms with Gasteiger partial charge in [0.1, 0.15) is 4.21 Å². The van der Waals surface area contributed by atoms with Crippen LogP contribution in [0.2, 0.25) is 0 Å². The summed E-state index contributed by atoms with van der Waals surface area (Å²) in [5.41, 5.74) is 1.36. The minimum atomic E-state index is -3.54. The molecule has 2 N–H and O–H groups in total. The Labute approximate surface area is 129 Å². The molecular formula is C14H19N3O2S2. The first-order valence-electron chi connectivity index (χ1n) is 6.76. The lowest BCUT2D eigenvalue weighted by Crippen LogP contribution is -2.15. The zero-order valence-corrected chi connectivity index (χ0v) is 13.7. The number of nitrogens with one attached hydrogen (secondary N) is 2. The molecular weight excluding hydrogens is 306 g/mol. The highest BCUT2D eigenvalue weighted by Crippen LogP contribution is 2.25. The van der Waals surface area contributed by atoms with Crippen molar-refractivity contribution in [1.29, 1.82) is 0 Å². The highest BCUT2D eigenvalue weighted by atomic mass is 32.2. The molecule has 2 heterocycles. The maximum atomic E-state index is 12.4. The SMILES string of the molecule is CCNCCc1ccc(S(=O)(=O)Nc2cnccc2C)s1. The zero-order chi connectivity index (χ0) is 15.3. The van der Waals surface area contributed by atoms with Gasteiger partial charge < -0.3 is 5.32 Å². The van der Waals surface area contributed by atoms with Crippen molar-refractivity contribution in [3.8, 4) is 0 Å². The van der Waals surface area contributed by atoms with Crippen LogP contribution in [-0.4, -0.2) is 26.5 Å². The molecule has 2 aromatic rings. The maximum absolute atomic E-state index is 12.4. The van der Waals surface area contributed by atoms with Gasteiger partial charge in [-0.3, -0.25) is 9.71 Å². The number of aromatic nitrogens is 1. The molecule has 0 fully saturated rings. The fraction of sp³-hybridized carbons (Fsp3) is 0.357. The Morgan fingerprint density at radius 3 is 2.81 bits per heavy atom. The third-order valence-electron chi connectivity index (χ3n) is 2.98. The molecule has 0 atom stereocenters. The van der Waals surface area contributed by atoms with Crippen molar-refractivity contribution in [2.24, 2.45) is 0 Å². The fourth-order valence-corrected chi connectivity index (χ4v) is 4.26. The van der Waals surface area contributed by atoms with E-state index in [0.717, 1.165) is 30.0 Å². The summed E-state index contributed by atoms with van der Waals surface area (Å²) in [4.78, 5) is 5.00. The number of nitrogens with zero attached hydrogens (tertiary/aromatic N) is 1. The van der Waals surface area contributed by atoms with E-state index in [0.29, 0.717) is 9.90 Å². The summed E-state index contributed by atoms with van der Waals surface area (Å²) >= 11 is 1.30. The van der Waals surface area contributed by atoms with E-state index in [9.17, 15) is 8.42 Å². The summed E-state index contributed by atoms with van der Waals surface area (Å²) in [6, 6.07) is 5.29. The molecule has 2 rings (SSSR count). The van der Waals surface area contributed by atoms with Crippen LogP contribution in [0.5, 0.6) is 0 Å². The lowest BCUT2D eigenvalue weighted by atomic mass is 10.3. The molecule has 0 unspecified atom stereocenters. The lowest BCUT2D eigenvalue weighted by Gasteiger charge is -2.08. The van der Waals surface area contributed by atoms with Crippen LogP contribution >= 0.6 is 11.3 Å². The van der Waals surface area contributed by atoms with Crippen LogP contribution in [0, 0.1) is 6.92 Å². The van der Waals surface area contributed by atoms with Crippen LogP contribution in [0.25, 0.3) is 0 Å². The fourth-order valence-electron chi connectivity index (χ4n) is 1.79. The smallest absolute Gasteiger partial charge is 0.271 e. The summed E-state index contributed by atoms with van der Waals surface area (Å²) in [7, 11) is -3.54. The highest BCUT2D eigenvalue weighted by Gasteiger charge is 2.17. The minimum absolute atomic E-state index is 0.331. The van der Waals surface area contributed by atoms with Crippen LogP contribution in [0.15, 0.2) is 34.8 Å². The van der Waals surface area contributed by atoms with Gasteiger partial charge in [0.2, 0.25) is 0 Å². The van der Waals surface area contributed by atoms with Gasteiger partial charge in [-0.05, 0) is 50.2 Å². The quantitative estimate of drug-likeness (QED) is 0.767. The van der Waals surface area contributed by atoms with Gasteiger partial charge in [0.15, 0.2) is 0 Å². The van der Waals surface area contributed by atoms with Crippen molar-refractivity contribution in [2.45, 2.75) is 24.5 Å². The van der Waals surface area contributed by atoms with E-state index in [1.807, 2.05) is 19.9 Å². The number of hydrogen-bond donors (Lipinski definition) is 2. The van der Waals surface area contributed by atoms with Crippen molar-refractivity contribution in [2.75, 3.05) is 17.8 Å². The van der Waals surface area contributed by atoms with Gasteiger partial charge in [-0.2, -0.15) is 0 Å². The first kappa shape index (κ1) is 15.9. The zero-order valence-electron chi connectivity index (χ0n) is 12.1. The molecule has 21 heavy (non-hydrogen) atoms. The second kappa shape index (κ2) is 7.02. The van der Waals surface area contributed by atoms with Gasteiger partial charge in [0.25, 0.3) is 10.0 Å². The number of thiophene rings is 1. The number of pyridine rings is 1. The number of rotatable bonds is 7. The second-order valence-corrected chi connectivity index (χ2v) is 7.70. The van der Waals surface area contributed by atoms with Crippen LogP contribution in [0.4, 0.5) is 5.69 Å². The monoisotopic (exact) mass is 325 g/mol. The second-order valence-electron chi connectivity index (χ2n) is 4.62. The molecule has 0 aliphatic carbocycles. The lowest BCUT2D eigenvalue weighted by molar-refractivity contribution is 0.603. The number of anilines is 1. The summed E-state index contributed by atoms with van der Waals surface area (Å²) in [6.45, 7) is 5.66. The molecule has 2 aromatic heterocycles. The van der Waals surface area contributed by atoms with E-state index in [-0.39, 0.29) is 0 Å². The number of likely N-dealkylation sites (N-methyl/N-ethyl adjacent to an activating group) is 1. The van der Waals surface area contributed by atoms with Crippen LogP contribution in [0.3, 0.4) is 0 Å². The van der Waals surface area contributed by atoms with Crippen molar-refractivity contribution in [3.05, 3.63) is 41.0 Å². The predicted molar refractivity (Wildman–Crippen MR) is 86.3 cm³/mol. The molecule has 0 saturated carbocycles. The number of aryl methyl sites for hydroxylation is 1. The molecule has 0 saturated heterocycles. The predicted octanol–water partition coefficient (Wildman–Crippen LogP) is 2.40. The van der Waals surface area contributed by atoms with Gasteiger partial charge in [-0.15, -0.1) is 11.3 Å². The Morgan fingerprint density at radius 2 is 2.10 bits per heavy atom. The molecule has 0 aromatic carbocycles. The van der Waals surface area contributed by atoms with E-state index < -0.39 is 10.0 Å². The molecule has 0 spiro atoms. The largest absolute Gasteiger partial charge is 0.317 e. The molecule has 0 aliphatic rings. The van der Waals surface area contributed by atoms with Crippen molar-refractivity contribution < 1.29 is 8.42 Å². The average molecular weight is 325 g/mol. The third kappa shape index (κ3) is 4.26. The van der Waals surface area contributed by atoms with E-state index in [1.54, 1.807) is 18.3 Å². The summed E-state index contributed by atoms with van der Waals surface area (Å²) in [6.07, 6.45) is 3.99. The van der Waals surface area contributed by atoms with Crippen LogP contribution < -0.4 is 10.0 Å². The topological polar surface area (TPSA) is 71.1 Å². The first-order valence-corrected chi connectivity index (χ1v) is 9.06. The van der Waals surface area contributed by atoms with Crippen molar-refractivity contribution >= 4 is 27.0 Å². The Kier molecular flexibility index (Phi) is 5.33. The third-order valence-corrected chi connectivity index (χ3v) is 5.99. The highest BCUT2D eigenvalue weighted by molar-refractivity contribution is 7.94. The Bertz CT molecular complexity index is 696. The van der Waals surface area contributed by atoms with E-state index in [2.05, 4.69) is 15.0 Å². The number of hydrogen-bond acceptors (Lipinski definition) is 5. The standard InChI is InChI=1S/C14H19N3O2S2/c1-3-15-9-7-12-4-5-14(20-12)21(18,19)17-13-10-16-8-6-11(13)2/h4-6,8,10,15,17H,3,7,9H2,1-2H3. The van der Waals surface area contributed by atoms with Crippen LogP contribution in [-0.2, 0) is 16.4 Å².